The van der Waals surface area contributed by atoms with Crippen LogP contribution in [0.15, 0.2) is 23.1 Å². The first-order chi connectivity index (χ1) is 8.59. The maximum absolute atomic E-state index is 13.3. The lowest BCUT2D eigenvalue weighted by molar-refractivity contribution is -0.325. The molecule has 10 heteroatoms. The summed E-state index contributed by atoms with van der Waals surface area (Å²) in [7, 11) is 0.896. The molecule has 0 heterocycles. The van der Waals surface area contributed by atoms with E-state index in [1.54, 1.807) is 0 Å². The third-order valence-corrected chi connectivity index (χ3v) is 3.14. The van der Waals surface area contributed by atoms with Crippen molar-refractivity contribution in [3.63, 3.8) is 0 Å². The van der Waals surface area contributed by atoms with E-state index in [0.717, 1.165) is 12.1 Å². The number of alkyl halides is 3. The number of ether oxygens (including phenoxy) is 2. The zero-order valence-corrected chi connectivity index (χ0v) is 10.6. The van der Waals surface area contributed by atoms with Crippen molar-refractivity contribution in [1.82, 2.24) is 0 Å². The number of hydrogen-bond acceptors (Lipinski definition) is 4. The Kier molecular flexibility index (Phi) is 4.99. The van der Waals surface area contributed by atoms with Crippen LogP contribution in [0.4, 0.5) is 17.6 Å². The molecule has 0 atom stereocenters. The SMILES string of the molecule is O=S(=O)(Cl)c1ccc(OCCOC(F)(F)F)c(F)c1. The van der Waals surface area contributed by atoms with Gasteiger partial charge in [-0.3, -0.25) is 4.74 Å². The molecule has 0 radical (unpaired) electrons. The molecule has 0 aliphatic carbocycles. The fraction of sp³-hybridized carbons (Fsp3) is 0.333. The van der Waals surface area contributed by atoms with Gasteiger partial charge in [-0.15, -0.1) is 13.2 Å². The van der Waals surface area contributed by atoms with E-state index >= 15 is 0 Å². The number of hydrogen-bond donors (Lipinski definition) is 0. The average molecular weight is 323 g/mol. The van der Waals surface area contributed by atoms with E-state index in [4.69, 9.17) is 10.7 Å². The molecule has 0 aliphatic heterocycles. The number of halogens is 5. The average Bonchev–Trinajstić information content (AvgIpc) is 2.23. The van der Waals surface area contributed by atoms with Gasteiger partial charge in [0.05, 0.1) is 11.5 Å². The van der Waals surface area contributed by atoms with Gasteiger partial charge in [-0.25, -0.2) is 12.8 Å². The standard InChI is InChI=1S/C9H7ClF4O4S/c10-19(15,16)6-1-2-8(7(11)5-6)17-3-4-18-9(12,13)14/h1-2,5H,3-4H2. The molecule has 0 fully saturated rings. The lowest BCUT2D eigenvalue weighted by atomic mass is 10.3. The second-order valence-electron chi connectivity index (χ2n) is 3.17. The first-order valence-electron chi connectivity index (χ1n) is 4.67. The van der Waals surface area contributed by atoms with Crippen LogP contribution in [0, 0.1) is 5.82 Å². The van der Waals surface area contributed by atoms with E-state index in [-0.39, 0.29) is 0 Å². The molecule has 0 aliphatic rings. The van der Waals surface area contributed by atoms with Gasteiger partial charge in [0.2, 0.25) is 0 Å². The molecular formula is C9H7ClF4O4S. The second kappa shape index (κ2) is 5.93. The quantitative estimate of drug-likeness (QED) is 0.475. The van der Waals surface area contributed by atoms with Crippen LogP contribution in [-0.4, -0.2) is 28.0 Å². The zero-order valence-electron chi connectivity index (χ0n) is 9.08. The molecule has 0 saturated carbocycles. The Morgan fingerprint density at radius 3 is 2.32 bits per heavy atom. The van der Waals surface area contributed by atoms with Gasteiger partial charge in [0, 0.05) is 10.7 Å². The molecule has 0 bridgehead atoms. The third-order valence-electron chi connectivity index (χ3n) is 1.79. The summed E-state index contributed by atoms with van der Waals surface area (Å²) >= 11 is 0. The summed E-state index contributed by atoms with van der Waals surface area (Å²) in [6.45, 7) is -1.37. The summed E-state index contributed by atoms with van der Waals surface area (Å²) in [5, 5.41) is 0. The van der Waals surface area contributed by atoms with Crippen LogP contribution in [0.5, 0.6) is 5.75 Å². The fourth-order valence-electron chi connectivity index (χ4n) is 1.06. The van der Waals surface area contributed by atoms with E-state index < -0.39 is 45.1 Å². The van der Waals surface area contributed by atoms with Gasteiger partial charge >= 0.3 is 6.36 Å². The van der Waals surface area contributed by atoms with Crippen molar-refractivity contribution in [3.8, 4) is 5.75 Å². The van der Waals surface area contributed by atoms with E-state index in [1.807, 2.05) is 0 Å². The largest absolute Gasteiger partial charge is 0.522 e. The first-order valence-corrected chi connectivity index (χ1v) is 6.98. The molecule has 1 aromatic rings. The van der Waals surface area contributed by atoms with Crippen molar-refractivity contribution in [2.75, 3.05) is 13.2 Å². The van der Waals surface area contributed by atoms with E-state index in [9.17, 15) is 26.0 Å². The Bertz CT molecular complexity index is 544. The maximum atomic E-state index is 13.3. The Labute approximate surface area is 110 Å². The first kappa shape index (κ1) is 16.0. The second-order valence-corrected chi connectivity index (χ2v) is 5.74. The van der Waals surface area contributed by atoms with Crippen molar-refractivity contribution < 1.29 is 35.5 Å². The summed E-state index contributed by atoms with van der Waals surface area (Å²) < 4.78 is 78.0. The van der Waals surface area contributed by atoms with Crippen LogP contribution in [0.25, 0.3) is 0 Å². The minimum atomic E-state index is -4.79. The van der Waals surface area contributed by atoms with Crippen LogP contribution < -0.4 is 4.74 Å². The Balaban J connectivity index is 2.61. The molecule has 1 rings (SSSR count). The Hall–Kier alpha value is -1.06. The van der Waals surface area contributed by atoms with Crippen LogP contribution >= 0.6 is 10.7 Å². The van der Waals surface area contributed by atoms with Gasteiger partial charge in [0.25, 0.3) is 9.05 Å². The van der Waals surface area contributed by atoms with Gasteiger partial charge in [-0.05, 0) is 18.2 Å². The molecule has 0 saturated heterocycles. The van der Waals surface area contributed by atoms with Gasteiger partial charge in [-0.2, -0.15) is 0 Å². The van der Waals surface area contributed by atoms with Gasteiger partial charge in [0.1, 0.15) is 6.61 Å². The molecule has 0 N–H and O–H groups in total. The number of rotatable bonds is 5. The lowest BCUT2D eigenvalue weighted by Gasteiger charge is -2.09. The molecule has 1 aromatic carbocycles. The Morgan fingerprint density at radius 2 is 1.84 bits per heavy atom. The summed E-state index contributed by atoms with van der Waals surface area (Å²) in [5.74, 6) is -1.47. The van der Waals surface area contributed by atoms with Crippen molar-refractivity contribution in [3.05, 3.63) is 24.0 Å². The van der Waals surface area contributed by atoms with Gasteiger partial charge < -0.3 is 4.74 Å². The smallest absolute Gasteiger partial charge is 0.488 e. The summed E-state index contributed by atoms with van der Waals surface area (Å²) in [6, 6.07) is 2.51. The Morgan fingerprint density at radius 1 is 1.21 bits per heavy atom. The van der Waals surface area contributed by atoms with Crippen molar-refractivity contribution in [2.45, 2.75) is 11.3 Å². The highest BCUT2D eigenvalue weighted by Crippen LogP contribution is 2.23. The molecule has 0 amide bonds. The molecule has 19 heavy (non-hydrogen) atoms. The highest BCUT2D eigenvalue weighted by molar-refractivity contribution is 8.13. The van der Waals surface area contributed by atoms with Gasteiger partial charge in [0.15, 0.2) is 11.6 Å². The maximum Gasteiger partial charge on any atom is 0.522 e. The molecule has 0 unspecified atom stereocenters. The molecular weight excluding hydrogens is 316 g/mol. The highest BCUT2D eigenvalue weighted by atomic mass is 35.7. The normalized spacial score (nSPS) is 12.5. The minimum absolute atomic E-state index is 0.408. The molecule has 4 nitrogen and oxygen atoms in total. The van der Waals surface area contributed by atoms with Gasteiger partial charge in [-0.1, -0.05) is 0 Å². The zero-order chi connectivity index (χ0) is 14.7. The van der Waals surface area contributed by atoms with E-state index in [0.29, 0.717) is 6.07 Å². The van der Waals surface area contributed by atoms with Crippen LogP contribution in [0.1, 0.15) is 0 Å². The third kappa shape index (κ3) is 5.62. The van der Waals surface area contributed by atoms with Crippen molar-refractivity contribution in [2.24, 2.45) is 0 Å². The summed E-state index contributed by atoms with van der Waals surface area (Å²) in [6.07, 6.45) is -4.79. The molecule has 108 valence electrons. The predicted molar refractivity (Wildman–Crippen MR) is 56.9 cm³/mol. The van der Waals surface area contributed by atoms with Crippen LogP contribution in [0.2, 0.25) is 0 Å². The van der Waals surface area contributed by atoms with Crippen molar-refractivity contribution in [1.29, 1.82) is 0 Å². The monoisotopic (exact) mass is 322 g/mol. The molecule has 0 aromatic heterocycles. The van der Waals surface area contributed by atoms with E-state index in [1.165, 1.54) is 0 Å². The summed E-state index contributed by atoms with van der Waals surface area (Å²) in [5.41, 5.74) is 0. The number of benzene rings is 1. The van der Waals surface area contributed by atoms with Crippen LogP contribution in [-0.2, 0) is 13.8 Å². The van der Waals surface area contributed by atoms with E-state index in [2.05, 4.69) is 9.47 Å². The lowest BCUT2D eigenvalue weighted by Crippen LogP contribution is -2.18. The topological polar surface area (TPSA) is 52.6 Å². The highest BCUT2D eigenvalue weighted by Gasteiger charge is 2.28. The minimum Gasteiger partial charge on any atom is -0.488 e. The summed E-state index contributed by atoms with van der Waals surface area (Å²) in [4.78, 5) is -0.481. The predicted octanol–water partition coefficient (Wildman–Crippen LogP) is 2.67. The van der Waals surface area contributed by atoms with Crippen molar-refractivity contribution >= 4 is 19.7 Å². The molecule has 0 spiro atoms. The fourth-order valence-corrected chi connectivity index (χ4v) is 1.82. The van der Waals surface area contributed by atoms with Crippen LogP contribution in [0.3, 0.4) is 0 Å².